The van der Waals surface area contributed by atoms with Crippen LogP contribution in [0.3, 0.4) is 0 Å². The molecule has 2 rings (SSSR count). The van der Waals surface area contributed by atoms with E-state index in [9.17, 15) is 0 Å². The van der Waals surface area contributed by atoms with E-state index in [0.29, 0.717) is 5.92 Å². The van der Waals surface area contributed by atoms with Gasteiger partial charge in [0.15, 0.2) is 0 Å². The maximum atomic E-state index is 5.72. The summed E-state index contributed by atoms with van der Waals surface area (Å²) in [6, 6.07) is 2.09. The third-order valence-electron chi connectivity index (χ3n) is 3.72. The Hall–Kier alpha value is -0.850. The molecule has 0 amide bonds. The Morgan fingerprint density at radius 1 is 1.30 bits per heavy atom. The molecule has 0 radical (unpaired) electrons. The fraction of sp³-hybridized carbons (Fsp3) is 0.714. The molecule has 1 unspecified atom stereocenters. The average molecular weight is 295 g/mol. The summed E-state index contributed by atoms with van der Waals surface area (Å²) in [6.45, 7) is 8.43. The van der Waals surface area contributed by atoms with Gasteiger partial charge in [-0.2, -0.15) is 0 Å². The molecular weight excluding hydrogens is 270 g/mol. The Labute approximate surface area is 125 Å². The summed E-state index contributed by atoms with van der Waals surface area (Å²) in [6.07, 6.45) is 4.89. The first kappa shape index (κ1) is 15.5. The maximum absolute atomic E-state index is 5.72. The minimum Gasteiger partial charge on any atom is -0.355 e. The van der Waals surface area contributed by atoms with E-state index < -0.39 is 0 Å². The summed E-state index contributed by atoms with van der Waals surface area (Å²) >= 11 is 1.66. The molecule has 6 heteroatoms. The molecule has 2 heterocycles. The van der Waals surface area contributed by atoms with Crippen LogP contribution < -0.4 is 10.6 Å². The quantitative estimate of drug-likeness (QED) is 0.653. The summed E-state index contributed by atoms with van der Waals surface area (Å²) in [4.78, 5) is 13.6. The van der Waals surface area contributed by atoms with Crippen LogP contribution in [0.25, 0.3) is 0 Å². The van der Waals surface area contributed by atoms with Crippen molar-refractivity contribution < 1.29 is 0 Å². The predicted molar refractivity (Wildman–Crippen MR) is 85.3 cm³/mol. The monoisotopic (exact) mass is 295 g/mol. The van der Waals surface area contributed by atoms with Gasteiger partial charge in [0, 0.05) is 32.2 Å². The third-order valence-corrected chi connectivity index (χ3v) is 4.36. The van der Waals surface area contributed by atoms with E-state index in [2.05, 4.69) is 32.8 Å². The normalized spacial score (nSPS) is 18.9. The van der Waals surface area contributed by atoms with Crippen LogP contribution in [0.1, 0.15) is 13.3 Å². The Balaban J connectivity index is 1.94. The SMILES string of the molecule is CSc1cc(N2CCCN(CC(C)CN)CC2)ncn1. The first-order valence-electron chi connectivity index (χ1n) is 7.26. The van der Waals surface area contributed by atoms with Crippen molar-refractivity contribution in [2.24, 2.45) is 11.7 Å². The lowest BCUT2D eigenvalue weighted by molar-refractivity contribution is 0.255. The lowest BCUT2D eigenvalue weighted by Crippen LogP contribution is -2.35. The predicted octanol–water partition coefficient (Wildman–Crippen LogP) is 1.31. The number of rotatable bonds is 5. The van der Waals surface area contributed by atoms with Gasteiger partial charge >= 0.3 is 0 Å². The van der Waals surface area contributed by atoms with Crippen molar-refractivity contribution in [2.45, 2.75) is 18.4 Å². The highest BCUT2D eigenvalue weighted by molar-refractivity contribution is 7.98. The highest BCUT2D eigenvalue weighted by Gasteiger charge is 2.17. The third kappa shape index (κ3) is 4.33. The molecule has 1 saturated heterocycles. The van der Waals surface area contributed by atoms with Crippen LogP contribution in [0, 0.1) is 5.92 Å². The van der Waals surface area contributed by atoms with Crippen molar-refractivity contribution in [3.63, 3.8) is 0 Å². The van der Waals surface area contributed by atoms with Crippen molar-refractivity contribution >= 4 is 17.6 Å². The fourth-order valence-corrected chi connectivity index (χ4v) is 2.89. The second-order valence-corrected chi connectivity index (χ2v) is 6.23. The Bertz CT molecular complexity index is 414. The van der Waals surface area contributed by atoms with Crippen LogP contribution in [0.5, 0.6) is 0 Å². The van der Waals surface area contributed by atoms with E-state index in [1.54, 1.807) is 18.1 Å². The Morgan fingerprint density at radius 2 is 2.15 bits per heavy atom. The van der Waals surface area contributed by atoms with E-state index in [0.717, 1.165) is 50.1 Å². The Morgan fingerprint density at radius 3 is 2.90 bits per heavy atom. The fourth-order valence-electron chi connectivity index (χ4n) is 2.51. The van der Waals surface area contributed by atoms with Gasteiger partial charge in [0.25, 0.3) is 0 Å². The highest BCUT2D eigenvalue weighted by Crippen LogP contribution is 2.18. The summed E-state index contributed by atoms with van der Waals surface area (Å²) in [5.41, 5.74) is 5.72. The zero-order valence-corrected chi connectivity index (χ0v) is 13.3. The lowest BCUT2D eigenvalue weighted by atomic mass is 10.1. The Kier molecular flexibility index (Phi) is 6.06. The number of hydrogen-bond acceptors (Lipinski definition) is 6. The molecule has 1 aromatic heterocycles. The van der Waals surface area contributed by atoms with Gasteiger partial charge < -0.3 is 15.5 Å². The van der Waals surface area contributed by atoms with Crippen LogP contribution in [-0.4, -0.2) is 60.4 Å². The van der Waals surface area contributed by atoms with Crippen LogP contribution in [0.15, 0.2) is 17.4 Å². The minimum absolute atomic E-state index is 0.573. The van der Waals surface area contributed by atoms with Gasteiger partial charge in [-0.25, -0.2) is 9.97 Å². The molecular formula is C14H25N5S. The number of anilines is 1. The van der Waals surface area contributed by atoms with Crippen LogP contribution in [0.2, 0.25) is 0 Å². The first-order valence-corrected chi connectivity index (χ1v) is 8.48. The van der Waals surface area contributed by atoms with E-state index in [1.807, 2.05) is 6.26 Å². The van der Waals surface area contributed by atoms with Gasteiger partial charge in [-0.05, 0) is 31.7 Å². The summed E-state index contributed by atoms with van der Waals surface area (Å²) < 4.78 is 0. The van der Waals surface area contributed by atoms with E-state index in [-0.39, 0.29) is 0 Å². The molecule has 1 fully saturated rings. The number of hydrogen-bond donors (Lipinski definition) is 1. The summed E-state index contributed by atoms with van der Waals surface area (Å²) in [7, 11) is 0. The molecule has 5 nitrogen and oxygen atoms in total. The zero-order chi connectivity index (χ0) is 14.4. The molecule has 0 aromatic carbocycles. The number of aromatic nitrogens is 2. The molecule has 112 valence electrons. The van der Waals surface area contributed by atoms with Crippen molar-refractivity contribution in [3.8, 4) is 0 Å². The van der Waals surface area contributed by atoms with Gasteiger partial charge in [0.05, 0.1) is 0 Å². The van der Waals surface area contributed by atoms with Crippen LogP contribution >= 0.6 is 11.8 Å². The molecule has 0 spiro atoms. The number of thioether (sulfide) groups is 1. The van der Waals surface area contributed by atoms with Gasteiger partial charge in [0.2, 0.25) is 0 Å². The van der Waals surface area contributed by atoms with Gasteiger partial charge in [-0.3, -0.25) is 0 Å². The standard InChI is InChI=1S/C14H25N5S/c1-12(9-15)10-18-4-3-5-19(7-6-18)13-8-14(20-2)17-11-16-13/h8,11-12H,3-7,9-10,15H2,1-2H3. The lowest BCUT2D eigenvalue weighted by Gasteiger charge is -2.24. The largest absolute Gasteiger partial charge is 0.355 e. The van der Waals surface area contributed by atoms with Crippen molar-refractivity contribution in [1.29, 1.82) is 0 Å². The number of nitrogens with zero attached hydrogens (tertiary/aromatic N) is 4. The molecule has 0 aliphatic carbocycles. The molecule has 0 bridgehead atoms. The molecule has 1 aromatic rings. The maximum Gasteiger partial charge on any atom is 0.133 e. The summed E-state index contributed by atoms with van der Waals surface area (Å²) in [5, 5.41) is 1.04. The summed E-state index contributed by atoms with van der Waals surface area (Å²) in [5.74, 6) is 1.63. The van der Waals surface area contributed by atoms with E-state index in [4.69, 9.17) is 5.73 Å². The molecule has 1 aliphatic rings. The molecule has 1 atom stereocenters. The molecule has 20 heavy (non-hydrogen) atoms. The smallest absolute Gasteiger partial charge is 0.133 e. The van der Waals surface area contributed by atoms with Crippen molar-refractivity contribution in [3.05, 3.63) is 12.4 Å². The van der Waals surface area contributed by atoms with Gasteiger partial charge in [-0.15, -0.1) is 11.8 Å². The van der Waals surface area contributed by atoms with Crippen LogP contribution in [0.4, 0.5) is 5.82 Å². The second-order valence-electron chi connectivity index (χ2n) is 5.40. The zero-order valence-electron chi connectivity index (χ0n) is 12.5. The van der Waals surface area contributed by atoms with E-state index in [1.165, 1.54) is 6.42 Å². The highest BCUT2D eigenvalue weighted by atomic mass is 32.2. The first-order chi connectivity index (χ1) is 9.72. The average Bonchev–Trinajstić information content (AvgIpc) is 2.73. The van der Waals surface area contributed by atoms with Crippen LogP contribution in [-0.2, 0) is 0 Å². The molecule has 2 N–H and O–H groups in total. The molecule has 0 saturated carbocycles. The minimum atomic E-state index is 0.573. The second kappa shape index (κ2) is 7.81. The number of nitrogens with two attached hydrogens (primary N) is 1. The topological polar surface area (TPSA) is 58.3 Å². The molecule has 1 aliphatic heterocycles. The van der Waals surface area contributed by atoms with Crippen molar-refractivity contribution in [2.75, 3.05) is 50.4 Å². The van der Waals surface area contributed by atoms with Crippen molar-refractivity contribution in [1.82, 2.24) is 14.9 Å². The van der Waals surface area contributed by atoms with Gasteiger partial charge in [0.1, 0.15) is 17.2 Å². The van der Waals surface area contributed by atoms with E-state index >= 15 is 0 Å². The van der Waals surface area contributed by atoms with Gasteiger partial charge in [-0.1, -0.05) is 6.92 Å².